The molecule has 20 heavy (non-hydrogen) atoms. The van der Waals surface area contributed by atoms with Crippen LogP contribution in [-0.4, -0.2) is 36.0 Å². The highest BCUT2D eigenvalue weighted by atomic mass is 16.5. The smallest absolute Gasteiger partial charge is 0.309 e. The van der Waals surface area contributed by atoms with Gasteiger partial charge in [-0.2, -0.15) is 0 Å². The number of ether oxygens (including phenoxy) is 1. The van der Waals surface area contributed by atoms with Gasteiger partial charge in [-0.25, -0.2) is 0 Å². The van der Waals surface area contributed by atoms with Crippen molar-refractivity contribution >= 4 is 5.97 Å². The van der Waals surface area contributed by atoms with Gasteiger partial charge in [-0.05, 0) is 44.9 Å². The Labute approximate surface area is 123 Å². The van der Waals surface area contributed by atoms with Gasteiger partial charge in [0.25, 0.3) is 0 Å². The molecule has 0 aliphatic heterocycles. The standard InChI is InChI=1S/C16H32O4/c1-15(2,13-17)9-5-7-11-20-12-8-6-10-16(3,4)14(18)19/h17H,5-13H2,1-4H3,(H,18,19). The van der Waals surface area contributed by atoms with E-state index in [4.69, 9.17) is 14.9 Å². The number of aliphatic hydroxyl groups excluding tert-OH is 1. The fourth-order valence-electron chi connectivity index (χ4n) is 1.87. The van der Waals surface area contributed by atoms with Gasteiger partial charge in [-0.15, -0.1) is 0 Å². The number of unbranched alkanes of at least 4 members (excludes halogenated alkanes) is 2. The van der Waals surface area contributed by atoms with Gasteiger partial charge in [-0.1, -0.05) is 26.7 Å². The van der Waals surface area contributed by atoms with Crippen molar-refractivity contribution in [3.05, 3.63) is 0 Å². The lowest BCUT2D eigenvalue weighted by Crippen LogP contribution is -2.23. The average molecular weight is 288 g/mol. The molecule has 0 spiro atoms. The topological polar surface area (TPSA) is 66.8 Å². The molecule has 0 radical (unpaired) electrons. The van der Waals surface area contributed by atoms with Crippen LogP contribution in [0, 0.1) is 10.8 Å². The number of carboxylic acid groups (broad SMARTS) is 1. The van der Waals surface area contributed by atoms with Crippen LogP contribution in [0.25, 0.3) is 0 Å². The highest BCUT2D eigenvalue weighted by Gasteiger charge is 2.25. The van der Waals surface area contributed by atoms with Crippen molar-refractivity contribution < 1.29 is 19.7 Å². The summed E-state index contributed by atoms with van der Waals surface area (Å²) in [5.41, 5.74) is -0.613. The lowest BCUT2D eigenvalue weighted by molar-refractivity contribution is -0.147. The molecule has 0 fully saturated rings. The second-order valence-corrected chi connectivity index (χ2v) is 7.04. The van der Waals surface area contributed by atoms with E-state index in [1.54, 1.807) is 13.8 Å². The van der Waals surface area contributed by atoms with Crippen molar-refractivity contribution in [3.63, 3.8) is 0 Å². The second-order valence-electron chi connectivity index (χ2n) is 7.04. The van der Waals surface area contributed by atoms with Crippen LogP contribution in [0.1, 0.15) is 66.2 Å². The van der Waals surface area contributed by atoms with E-state index in [0.29, 0.717) is 13.0 Å². The molecule has 0 aromatic carbocycles. The van der Waals surface area contributed by atoms with E-state index in [2.05, 4.69) is 13.8 Å². The van der Waals surface area contributed by atoms with Crippen molar-refractivity contribution in [2.75, 3.05) is 19.8 Å². The van der Waals surface area contributed by atoms with Crippen LogP contribution >= 0.6 is 0 Å². The third-order valence-corrected chi connectivity index (χ3v) is 3.74. The molecule has 0 aromatic rings. The second kappa shape index (κ2) is 9.35. The van der Waals surface area contributed by atoms with Crippen LogP contribution in [0.4, 0.5) is 0 Å². The molecule has 0 unspecified atom stereocenters. The quantitative estimate of drug-likeness (QED) is 0.540. The summed E-state index contributed by atoms with van der Waals surface area (Å²) >= 11 is 0. The number of carbonyl (C=O) groups is 1. The first-order valence-corrected chi connectivity index (χ1v) is 7.63. The summed E-state index contributed by atoms with van der Waals surface area (Å²) in [4.78, 5) is 10.9. The molecular weight excluding hydrogens is 256 g/mol. The first-order chi connectivity index (χ1) is 9.21. The van der Waals surface area contributed by atoms with Crippen LogP contribution in [0.15, 0.2) is 0 Å². The summed E-state index contributed by atoms with van der Waals surface area (Å²) in [6.45, 7) is 9.35. The predicted octanol–water partition coefficient (Wildman–Crippen LogP) is 3.47. The van der Waals surface area contributed by atoms with Gasteiger partial charge in [0.15, 0.2) is 0 Å². The number of hydrogen-bond donors (Lipinski definition) is 2. The minimum Gasteiger partial charge on any atom is -0.481 e. The van der Waals surface area contributed by atoms with Gasteiger partial charge in [0.1, 0.15) is 0 Å². The molecule has 2 N–H and O–H groups in total. The van der Waals surface area contributed by atoms with E-state index in [9.17, 15) is 4.79 Å². The third kappa shape index (κ3) is 9.32. The van der Waals surface area contributed by atoms with Crippen molar-refractivity contribution in [2.24, 2.45) is 10.8 Å². The average Bonchev–Trinajstić information content (AvgIpc) is 2.36. The van der Waals surface area contributed by atoms with Gasteiger partial charge >= 0.3 is 5.97 Å². The minimum absolute atomic E-state index is 0.0163. The van der Waals surface area contributed by atoms with Gasteiger partial charge in [0, 0.05) is 19.8 Å². The van der Waals surface area contributed by atoms with Crippen molar-refractivity contribution in [2.45, 2.75) is 66.2 Å². The van der Waals surface area contributed by atoms with E-state index in [1.807, 2.05) is 0 Å². The zero-order valence-corrected chi connectivity index (χ0v) is 13.6. The molecule has 0 heterocycles. The number of rotatable bonds is 12. The highest BCUT2D eigenvalue weighted by molar-refractivity contribution is 5.73. The Kier molecular flexibility index (Phi) is 9.06. The lowest BCUT2D eigenvalue weighted by atomic mass is 9.87. The summed E-state index contributed by atoms with van der Waals surface area (Å²) in [7, 11) is 0. The van der Waals surface area contributed by atoms with Crippen molar-refractivity contribution in [1.29, 1.82) is 0 Å². The molecule has 4 nitrogen and oxygen atoms in total. The molecule has 0 aliphatic carbocycles. The third-order valence-electron chi connectivity index (χ3n) is 3.74. The van der Waals surface area contributed by atoms with Gasteiger partial charge in [0.05, 0.1) is 5.41 Å². The Morgan fingerprint density at radius 1 is 0.950 bits per heavy atom. The normalized spacial score (nSPS) is 12.7. The number of carboxylic acids is 1. The Bertz CT molecular complexity index is 272. The monoisotopic (exact) mass is 288 g/mol. The summed E-state index contributed by atoms with van der Waals surface area (Å²) < 4.78 is 5.55. The van der Waals surface area contributed by atoms with Gasteiger partial charge in [0.2, 0.25) is 0 Å². The Hall–Kier alpha value is -0.610. The molecule has 0 saturated heterocycles. The van der Waals surface area contributed by atoms with Crippen LogP contribution in [-0.2, 0) is 9.53 Å². The zero-order valence-electron chi connectivity index (χ0n) is 13.6. The van der Waals surface area contributed by atoms with E-state index < -0.39 is 11.4 Å². The SMILES string of the molecule is CC(C)(CO)CCCCOCCCCC(C)(C)C(=O)O. The van der Waals surface area contributed by atoms with Crippen molar-refractivity contribution in [3.8, 4) is 0 Å². The first kappa shape index (κ1) is 19.4. The molecular formula is C16H32O4. The molecule has 0 saturated carbocycles. The molecule has 120 valence electrons. The zero-order chi connectivity index (χ0) is 15.6. The van der Waals surface area contributed by atoms with E-state index in [1.165, 1.54) is 0 Å². The molecule has 0 rings (SSSR count). The highest BCUT2D eigenvalue weighted by Crippen LogP contribution is 2.23. The van der Waals surface area contributed by atoms with Crippen LogP contribution in [0.5, 0.6) is 0 Å². The molecule has 0 bridgehead atoms. The predicted molar refractivity (Wildman–Crippen MR) is 80.8 cm³/mol. The minimum atomic E-state index is -0.732. The fraction of sp³-hybridized carbons (Fsp3) is 0.938. The van der Waals surface area contributed by atoms with E-state index >= 15 is 0 Å². The number of aliphatic hydroxyl groups is 1. The largest absolute Gasteiger partial charge is 0.481 e. The fourth-order valence-corrected chi connectivity index (χ4v) is 1.87. The lowest BCUT2D eigenvalue weighted by Gasteiger charge is -2.21. The van der Waals surface area contributed by atoms with Gasteiger partial charge in [-0.3, -0.25) is 4.79 Å². The summed E-state index contributed by atoms with van der Waals surface area (Å²) in [6.07, 6.45) is 5.59. The first-order valence-electron chi connectivity index (χ1n) is 7.63. The van der Waals surface area contributed by atoms with Crippen molar-refractivity contribution in [1.82, 2.24) is 0 Å². The molecule has 0 amide bonds. The maximum Gasteiger partial charge on any atom is 0.309 e. The number of hydrogen-bond acceptors (Lipinski definition) is 3. The summed E-state index contributed by atoms with van der Waals surface area (Å²) in [5.74, 6) is -0.732. The van der Waals surface area contributed by atoms with E-state index in [0.717, 1.165) is 38.7 Å². The Morgan fingerprint density at radius 2 is 1.45 bits per heavy atom. The van der Waals surface area contributed by atoms with E-state index in [-0.39, 0.29) is 12.0 Å². The number of aliphatic carboxylic acids is 1. The Morgan fingerprint density at radius 3 is 1.90 bits per heavy atom. The maximum absolute atomic E-state index is 10.9. The van der Waals surface area contributed by atoms with Crippen LogP contribution in [0.2, 0.25) is 0 Å². The summed E-state index contributed by atoms with van der Waals surface area (Å²) in [6, 6.07) is 0. The maximum atomic E-state index is 10.9. The molecule has 0 aliphatic rings. The van der Waals surface area contributed by atoms with Gasteiger partial charge < -0.3 is 14.9 Å². The van der Waals surface area contributed by atoms with Crippen LogP contribution < -0.4 is 0 Å². The van der Waals surface area contributed by atoms with Crippen LogP contribution in [0.3, 0.4) is 0 Å². The molecule has 0 atom stereocenters. The molecule has 4 heteroatoms. The Balaban J connectivity index is 3.40. The molecule has 0 aromatic heterocycles. The summed E-state index contributed by atoms with van der Waals surface area (Å²) in [5, 5.41) is 18.1.